The van der Waals surface area contributed by atoms with Gasteiger partial charge in [0.25, 0.3) is 0 Å². The van der Waals surface area contributed by atoms with E-state index in [0.717, 1.165) is 11.1 Å². The van der Waals surface area contributed by atoms with Crippen LogP contribution in [-0.2, 0) is 27.7 Å². The number of sulfonamides is 1. The second-order valence-corrected chi connectivity index (χ2v) is 8.08. The molecule has 0 aliphatic carbocycles. The molecule has 1 amide bonds. The highest BCUT2D eigenvalue weighted by atomic mass is 35.5. The Bertz CT molecular complexity index is 836. The summed E-state index contributed by atoms with van der Waals surface area (Å²) in [7, 11) is -3.43. The molecule has 0 unspecified atom stereocenters. The van der Waals surface area contributed by atoms with Crippen molar-refractivity contribution in [2.24, 2.45) is 0 Å². The molecule has 7 heteroatoms. The molecule has 0 saturated carbocycles. The molecule has 0 aromatic heterocycles. The molecular formula is C19H23ClN2O3S. The van der Waals surface area contributed by atoms with Crippen LogP contribution >= 0.6 is 11.6 Å². The fourth-order valence-corrected chi connectivity index (χ4v) is 3.75. The zero-order chi connectivity index (χ0) is 19.0. The van der Waals surface area contributed by atoms with E-state index in [-0.39, 0.29) is 10.8 Å². The van der Waals surface area contributed by atoms with E-state index in [4.69, 9.17) is 11.6 Å². The molecule has 0 spiro atoms. The minimum absolute atomic E-state index is 0.0173. The Morgan fingerprint density at radius 3 is 2.42 bits per heavy atom. The SMILES string of the molecule is CCNS(=O)(=O)c1ccc(CCNC(=O)CCc2cccc(Cl)c2)cc1. The lowest BCUT2D eigenvalue weighted by Crippen LogP contribution is -2.26. The highest BCUT2D eigenvalue weighted by Crippen LogP contribution is 2.12. The number of nitrogens with one attached hydrogen (secondary N) is 2. The van der Waals surface area contributed by atoms with Gasteiger partial charge in [-0.1, -0.05) is 42.8 Å². The molecule has 2 N–H and O–H groups in total. The van der Waals surface area contributed by atoms with Gasteiger partial charge in [-0.2, -0.15) is 0 Å². The van der Waals surface area contributed by atoms with Gasteiger partial charge in [-0.3, -0.25) is 4.79 Å². The van der Waals surface area contributed by atoms with Crippen LogP contribution in [-0.4, -0.2) is 27.4 Å². The molecule has 0 atom stereocenters. The molecular weight excluding hydrogens is 372 g/mol. The lowest BCUT2D eigenvalue weighted by Gasteiger charge is -2.08. The molecule has 140 valence electrons. The second-order valence-electron chi connectivity index (χ2n) is 5.88. The van der Waals surface area contributed by atoms with Gasteiger partial charge in [-0.05, 0) is 48.2 Å². The minimum atomic E-state index is -3.43. The van der Waals surface area contributed by atoms with Crippen molar-refractivity contribution in [3.8, 4) is 0 Å². The standard InChI is InChI=1S/C19H23ClN2O3S/c1-2-22-26(24,25)18-9-6-15(7-10-18)12-13-21-19(23)11-8-16-4-3-5-17(20)14-16/h3-7,9-10,14,22H,2,8,11-13H2,1H3,(H,21,23). The van der Waals surface area contributed by atoms with E-state index in [9.17, 15) is 13.2 Å². The zero-order valence-corrected chi connectivity index (χ0v) is 16.2. The predicted octanol–water partition coefficient (Wildman–Crippen LogP) is 2.93. The van der Waals surface area contributed by atoms with Crippen LogP contribution in [0, 0.1) is 0 Å². The monoisotopic (exact) mass is 394 g/mol. The molecule has 0 aliphatic heterocycles. The molecule has 2 aromatic carbocycles. The summed E-state index contributed by atoms with van der Waals surface area (Å²) in [5, 5.41) is 3.55. The van der Waals surface area contributed by atoms with Crippen LogP contribution in [0.4, 0.5) is 0 Å². The largest absolute Gasteiger partial charge is 0.356 e. The summed E-state index contributed by atoms with van der Waals surface area (Å²) in [4.78, 5) is 12.2. The Labute approximate surface area is 159 Å². The molecule has 0 aliphatic rings. The van der Waals surface area contributed by atoms with Crippen LogP contribution in [0.25, 0.3) is 0 Å². The number of amides is 1. The summed E-state index contributed by atoms with van der Waals surface area (Å²) in [5.74, 6) is -0.0173. The Morgan fingerprint density at radius 2 is 1.77 bits per heavy atom. The molecule has 26 heavy (non-hydrogen) atoms. The van der Waals surface area contributed by atoms with E-state index in [1.54, 1.807) is 37.3 Å². The lowest BCUT2D eigenvalue weighted by molar-refractivity contribution is -0.121. The lowest BCUT2D eigenvalue weighted by atomic mass is 10.1. The van der Waals surface area contributed by atoms with Gasteiger partial charge in [0, 0.05) is 24.5 Å². The number of hydrogen-bond donors (Lipinski definition) is 2. The maximum Gasteiger partial charge on any atom is 0.240 e. The fourth-order valence-electron chi connectivity index (χ4n) is 2.49. The van der Waals surface area contributed by atoms with E-state index in [1.165, 1.54) is 0 Å². The van der Waals surface area contributed by atoms with Gasteiger partial charge in [-0.25, -0.2) is 13.1 Å². The van der Waals surface area contributed by atoms with Crippen molar-refractivity contribution in [1.29, 1.82) is 0 Å². The van der Waals surface area contributed by atoms with E-state index in [2.05, 4.69) is 10.0 Å². The van der Waals surface area contributed by atoms with Gasteiger partial charge in [0.2, 0.25) is 15.9 Å². The summed E-state index contributed by atoms with van der Waals surface area (Å²) in [6, 6.07) is 14.2. The fraction of sp³-hybridized carbons (Fsp3) is 0.316. The minimum Gasteiger partial charge on any atom is -0.356 e. The molecule has 2 aromatic rings. The first-order valence-corrected chi connectivity index (χ1v) is 10.4. The summed E-state index contributed by atoms with van der Waals surface area (Å²) >= 11 is 5.93. The third kappa shape index (κ3) is 6.44. The number of rotatable bonds is 9. The second kappa shape index (κ2) is 9.71. The molecule has 0 heterocycles. The first-order valence-electron chi connectivity index (χ1n) is 8.50. The Morgan fingerprint density at radius 1 is 1.04 bits per heavy atom. The number of benzene rings is 2. The Hall–Kier alpha value is -1.89. The van der Waals surface area contributed by atoms with E-state index in [0.29, 0.717) is 37.4 Å². The smallest absolute Gasteiger partial charge is 0.240 e. The highest BCUT2D eigenvalue weighted by Gasteiger charge is 2.11. The van der Waals surface area contributed by atoms with E-state index < -0.39 is 10.0 Å². The Balaban J connectivity index is 1.76. The molecule has 0 bridgehead atoms. The molecule has 0 saturated heterocycles. The van der Waals surface area contributed by atoms with Gasteiger partial charge in [0.1, 0.15) is 0 Å². The maximum absolute atomic E-state index is 11.9. The molecule has 0 fully saturated rings. The topological polar surface area (TPSA) is 75.3 Å². The summed E-state index contributed by atoms with van der Waals surface area (Å²) < 4.78 is 26.2. The van der Waals surface area contributed by atoms with Crippen molar-refractivity contribution >= 4 is 27.5 Å². The van der Waals surface area contributed by atoms with Crippen molar-refractivity contribution in [2.75, 3.05) is 13.1 Å². The van der Waals surface area contributed by atoms with Gasteiger partial charge in [-0.15, -0.1) is 0 Å². The first kappa shape index (κ1) is 20.4. The van der Waals surface area contributed by atoms with Crippen LogP contribution in [0.5, 0.6) is 0 Å². The number of hydrogen-bond acceptors (Lipinski definition) is 3. The third-order valence-electron chi connectivity index (χ3n) is 3.83. The van der Waals surface area contributed by atoms with Crippen LogP contribution in [0.3, 0.4) is 0 Å². The third-order valence-corrected chi connectivity index (χ3v) is 5.63. The normalized spacial score (nSPS) is 11.3. The van der Waals surface area contributed by atoms with Gasteiger partial charge >= 0.3 is 0 Å². The highest BCUT2D eigenvalue weighted by molar-refractivity contribution is 7.89. The number of carbonyl (C=O) groups excluding carboxylic acids is 1. The number of halogens is 1. The summed E-state index contributed by atoms with van der Waals surface area (Å²) in [6.07, 6.45) is 1.69. The van der Waals surface area contributed by atoms with Crippen molar-refractivity contribution in [3.05, 3.63) is 64.7 Å². The Kier molecular flexibility index (Phi) is 7.63. The predicted molar refractivity (Wildman–Crippen MR) is 104 cm³/mol. The number of aryl methyl sites for hydroxylation is 1. The van der Waals surface area contributed by atoms with Crippen LogP contribution in [0.15, 0.2) is 53.4 Å². The summed E-state index contributed by atoms with van der Waals surface area (Å²) in [5.41, 5.74) is 2.00. The number of carbonyl (C=O) groups is 1. The molecule has 2 rings (SSSR count). The van der Waals surface area contributed by atoms with Gasteiger partial charge < -0.3 is 5.32 Å². The van der Waals surface area contributed by atoms with Crippen molar-refractivity contribution in [3.63, 3.8) is 0 Å². The van der Waals surface area contributed by atoms with E-state index in [1.807, 2.05) is 18.2 Å². The average Bonchev–Trinajstić information content (AvgIpc) is 2.60. The zero-order valence-electron chi connectivity index (χ0n) is 14.7. The van der Waals surface area contributed by atoms with E-state index >= 15 is 0 Å². The van der Waals surface area contributed by atoms with Gasteiger partial charge in [0.15, 0.2) is 0 Å². The van der Waals surface area contributed by atoms with Crippen molar-refractivity contribution < 1.29 is 13.2 Å². The first-order chi connectivity index (χ1) is 12.4. The maximum atomic E-state index is 11.9. The van der Waals surface area contributed by atoms with Gasteiger partial charge in [0.05, 0.1) is 4.90 Å². The molecule has 5 nitrogen and oxygen atoms in total. The van der Waals surface area contributed by atoms with Crippen LogP contribution in [0.1, 0.15) is 24.5 Å². The quantitative estimate of drug-likeness (QED) is 0.686. The average molecular weight is 395 g/mol. The van der Waals surface area contributed by atoms with Crippen molar-refractivity contribution in [1.82, 2.24) is 10.0 Å². The molecule has 0 radical (unpaired) electrons. The van der Waals surface area contributed by atoms with Crippen LogP contribution < -0.4 is 10.0 Å². The van der Waals surface area contributed by atoms with Crippen molar-refractivity contribution in [2.45, 2.75) is 31.1 Å². The van der Waals surface area contributed by atoms with Crippen LogP contribution in [0.2, 0.25) is 5.02 Å². The summed E-state index contributed by atoms with van der Waals surface area (Å²) in [6.45, 7) is 2.60.